The summed E-state index contributed by atoms with van der Waals surface area (Å²) in [5.41, 5.74) is 0.867. The van der Waals surface area contributed by atoms with E-state index in [1.54, 1.807) is 25.7 Å². The summed E-state index contributed by atoms with van der Waals surface area (Å²) in [5.74, 6) is -0.210. The lowest BCUT2D eigenvalue weighted by Crippen LogP contribution is -2.59. The predicted octanol–water partition coefficient (Wildman–Crippen LogP) is 4.29. The molecule has 0 spiro atoms. The molecule has 9 nitrogen and oxygen atoms in total. The van der Waals surface area contributed by atoms with Crippen LogP contribution >= 0.6 is 0 Å². The van der Waals surface area contributed by atoms with Gasteiger partial charge in [-0.25, -0.2) is 17.9 Å². The van der Waals surface area contributed by atoms with Gasteiger partial charge in [-0.3, -0.25) is 4.79 Å². The third-order valence-corrected chi connectivity index (χ3v) is 12.9. The molecule has 0 radical (unpaired) electrons. The number of nitrogens with one attached hydrogen (secondary N) is 2. The average Bonchev–Trinajstić information content (AvgIpc) is 3.53. The highest BCUT2D eigenvalue weighted by Crippen LogP contribution is 2.48. The van der Waals surface area contributed by atoms with Gasteiger partial charge < -0.3 is 19.4 Å². The summed E-state index contributed by atoms with van der Waals surface area (Å²) in [6, 6.07) is 6.95. The Labute approximate surface area is 229 Å². The van der Waals surface area contributed by atoms with Gasteiger partial charge in [-0.1, -0.05) is 32.9 Å². The van der Waals surface area contributed by atoms with Crippen LogP contribution in [0.5, 0.6) is 0 Å². The lowest BCUT2D eigenvalue weighted by atomic mass is 9.95. The molecule has 1 aliphatic heterocycles. The molecule has 214 valence electrons. The average molecular weight is 568 g/mol. The molecule has 1 saturated heterocycles. The number of piperidine rings is 1. The third kappa shape index (κ3) is 7.80. The van der Waals surface area contributed by atoms with Gasteiger partial charge >= 0.3 is 6.09 Å². The maximum atomic E-state index is 13.6. The fraction of sp³-hybridized carbons (Fsp3) is 0.704. The predicted molar refractivity (Wildman–Crippen MR) is 152 cm³/mol. The van der Waals surface area contributed by atoms with E-state index in [2.05, 4.69) is 43.9 Å². The molecule has 38 heavy (non-hydrogen) atoms. The molecular formula is C27H45N3O6SSi. The van der Waals surface area contributed by atoms with Gasteiger partial charge in [0.1, 0.15) is 11.6 Å². The van der Waals surface area contributed by atoms with Crippen molar-refractivity contribution in [1.29, 1.82) is 0 Å². The van der Waals surface area contributed by atoms with Crippen molar-refractivity contribution in [3.05, 3.63) is 29.8 Å². The standard InChI is InChI=1S/C27H45N3O6SSi/c1-25(2,3)35-24(32)29-22-16-21(36-38(8,9)26(4,5)6)17-30(23(22)31)20-12-10-19(11-13-20)27(14-15-27)18-28-37(7,33)34/h10-13,21-22,28H,14-18H2,1-9H3,(H,29,32)/t21-,22-/m0/s1. The first-order chi connectivity index (χ1) is 17.2. The second kappa shape index (κ2) is 10.6. The molecule has 1 heterocycles. The molecule has 2 fully saturated rings. The molecule has 1 aromatic carbocycles. The van der Waals surface area contributed by atoms with E-state index in [-0.39, 0.29) is 22.5 Å². The molecule has 1 aromatic rings. The van der Waals surface area contributed by atoms with Crippen molar-refractivity contribution >= 4 is 36.0 Å². The second-order valence-corrected chi connectivity index (χ2v) is 19.9. The number of carbonyl (C=O) groups is 2. The highest BCUT2D eigenvalue weighted by Gasteiger charge is 2.46. The molecule has 2 aliphatic rings. The molecule has 1 saturated carbocycles. The van der Waals surface area contributed by atoms with Crippen LogP contribution in [0.15, 0.2) is 24.3 Å². The molecule has 1 aliphatic carbocycles. The van der Waals surface area contributed by atoms with Crippen LogP contribution in [0.25, 0.3) is 0 Å². The van der Waals surface area contributed by atoms with E-state index in [9.17, 15) is 18.0 Å². The minimum Gasteiger partial charge on any atom is -0.444 e. The molecule has 2 amide bonds. The first-order valence-corrected chi connectivity index (χ1v) is 18.1. The summed E-state index contributed by atoms with van der Waals surface area (Å²) < 4.78 is 38.0. The van der Waals surface area contributed by atoms with Crippen molar-refractivity contribution in [2.45, 2.75) is 102 Å². The van der Waals surface area contributed by atoms with Crippen LogP contribution in [0.4, 0.5) is 10.5 Å². The fourth-order valence-electron chi connectivity index (χ4n) is 4.38. The minimum absolute atomic E-state index is 0.00634. The summed E-state index contributed by atoms with van der Waals surface area (Å²) >= 11 is 0. The van der Waals surface area contributed by atoms with Gasteiger partial charge in [0.2, 0.25) is 15.9 Å². The van der Waals surface area contributed by atoms with Gasteiger partial charge in [-0.2, -0.15) is 0 Å². The summed E-state index contributed by atoms with van der Waals surface area (Å²) in [6.45, 7) is 17.0. The number of carbonyl (C=O) groups excluding carboxylic acids is 2. The first-order valence-electron chi connectivity index (χ1n) is 13.3. The van der Waals surface area contributed by atoms with E-state index in [0.717, 1.165) is 24.7 Å². The topological polar surface area (TPSA) is 114 Å². The van der Waals surface area contributed by atoms with Crippen molar-refractivity contribution in [3.63, 3.8) is 0 Å². The zero-order valence-corrected chi connectivity index (χ0v) is 26.1. The molecule has 11 heteroatoms. The number of rotatable bonds is 8. The van der Waals surface area contributed by atoms with Crippen molar-refractivity contribution in [1.82, 2.24) is 10.0 Å². The minimum atomic E-state index is -3.28. The van der Waals surface area contributed by atoms with Gasteiger partial charge in [0.25, 0.3) is 0 Å². The third-order valence-electron chi connectivity index (χ3n) is 7.73. The van der Waals surface area contributed by atoms with Crippen molar-refractivity contribution in [2.75, 3.05) is 24.2 Å². The largest absolute Gasteiger partial charge is 0.444 e. The molecule has 0 unspecified atom stereocenters. The Hall–Kier alpha value is -1.95. The Balaban J connectivity index is 1.84. The van der Waals surface area contributed by atoms with Crippen LogP contribution in [-0.2, 0) is 29.4 Å². The molecule has 2 atom stereocenters. The van der Waals surface area contributed by atoms with Crippen molar-refractivity contribution < 1.29 is 27.2 Å². The Kier molecular flexibility index (Phi) is 8.49. The lowest BCUT2D eigenvalue weighted by Gasteiger charge is -2.44. The SMILES string of the molecule is CC(C)(C)OC(=O)N[C@H]1C[C@H](O[Si](C)(C)C(C)(C)C)CN(c2ccc(C3(CNS(C)(=O)=O)CC3)cc2)C1=O. The quantitative estimate of drug-likeness (QED) is 0.453. The smallest absolute Gasteiger partial charge is 0.408 e. The second-order valence-electron chi connectivity index (χ2n) is 13.3. The number of nitrogens with zero attached hydrogens (tertiary/aromatic N) is 1. The van der Waals surface area contributed by atoms with Gasteiger partial charge in [0, 0.05) is 24.1 Å². The molecule has 3 rings (SSSR count). The highest BCUT2D eigenvalue weighted by molar-refractivity contribution is 7.88. The Morgan fingerprint density at radius 2 is 1.68 bits per heavy atom. The van der Waals surface area contributed by atoms with E-state index < -0.39 is 36.1 Å². The molecule has 0 bridgehead atoms. The molecule has 2 N–H and O–H groups in total. The maximum Gasteiger partial charge on any atom is 0.408 e. The fourth-order valence-corrected chi connectivity index (χ4v) is 6.28. The van der Waals surface area contributed by atoms with Gasteiger partial charge in [0.05, 0.1) is 18.9 Å². The van der Waals surface area contributed by atoms with Gasteiger partial charge in [-0.15, -0.1) is 0 Å². The van der Waals surface area contributed by atoms with Gasteiger partial charge in [-0.05, 0) is 69.4 Å². The molecule has 0 aromatic heterocycles. The zero-order chi connectivity index (χ0) is 28.7. The van der Waals surface area contributed by atoms with E-state index in [0.29, 0.717) is 25.2 Å². The number of hydrogen-bond acceptors (Lipinski definition) is 6. The maximum absolute atomic E-state index is 13.6. The van der Waals surface area contributed by atoms with Crippen molar-refractivity contribution in [3.8, 4) is 0 Å². The number of benzene rings is 1. The highest BCUT2D eigenvalue weighted by atomic mass is 32.2. The number of ether oxygens (including phenoxy) is 1. The Morgan fingerprint density at radius 3 is 2.16 bits per heavy atom. The normalized spacial score (nSPS) is 22.2. The summed E-state index contributed by atoms with van der Waals surface area (Å²) in [7, 11) is -5.42. The van der Waals surface area contributed by atoms with Crippen LogP contribution in [0, 0.1) is 0 Å². The summed E-state index contributed by atoms with van der Waals surface area (Å²) in [5, 5.41) is 2.77. The van der Waals surface area contributed by atoms with Gasteiger partial charge in [0.15, 0.2) is 8.32 Å². The zero-order valence-electron chi connectivity index (χ0n) is 24.3. The lowest BCUT2D eigenvalue weighted by molar-refractivity contribution is -0.123. The number of hydrogen-bond donors (Lipinski definition) is 2. The van der Waals surface area contributed by atoms with Crippen LogP contribution < -0.4 is 14.9 Å². The number of anilines is 1. The van der Waals surface area contributed by atoms with Crippen LogP contribution in [0.1, 0.15) is 66.4 Å². The Bertz CT molecular complexity index is 1130. The van der Waals surface area contributed by atoms with E-state index in [1.807, 2.05) is 24.3 Å². The molecular weight excluding hydrogens is 522 g/mol. The number of sulfonamides is 1. The van der Waals surface area contributed by atoms with E-state index >= 15 is 0 Å². The summed E-state index contributed by atoms with van der Waals surface area (Å²) in [4.78, 5) is 27.8. The van der Waals surface area contributed by atoms with Crippen LogP contribution in [-0.4, -0.2) is 65.8 Å². The Morgan fingerprint density at radius 1 is 1.11 bits per heavy atom. The number of alkyl carbamates (subject to hydrolysis) is 1. The van der Waals surface area contributed by atoms with Crippen LogP contribution in [0.2, 0.25) is 18.1 Å². The summed E-state index contributed by atoms with van der Waals surface area (Å²) in [6.07, 6.45) is 2.47. The van der Waals surface area contributed by atoms with E-state index in [4.69, 9.17) is 9.16 Å². The first kappa shape index (κ1) is 30.6. The van der Waals surface area contributed by atoms with Crippen LogP contribution in [0.3, 0.4) is 0 Å². The van der Waals surface area contributed by atoms with E-state index in [1.165, 1.54) is 0 Å². The number of amides is 2. The monoisotopic (exact) mass is 567 g/mol. The van der Waals surface area contributed by atoms with Crippen molar-refractivity contribution in [2.24, 2.45) is 0 Å².